The fourth-order valence-corrected chi connectivity index (χ4v) is 5.65. The van der Waals surface area contributed by atoms with Gasteiger partial charge in [0, 0.05) is 32.0 Å². The molecule has 2 atom stereocenters. The SMILES string of the molecule is CC[C@@H](C)NC(=O)[C@H](Cc1ccccc1)N(Cc1ccccc1C)C(=O)CCCN(c1ccc(C)cc1)S(C)(=O)=O. The Morgan fingerprint density at radius 1 is 0.902 bits per heavy atom. The molecular formula is C33H43N3O4S. The zero-order chi connectivity index (χ0) is 30.0. The van der Waals surface area contributed by atoms with Gasteiger partial charge in [0.1, 0.15) is 6.04 Å². The Hall–Kier alpha value is -3.65. The average Bonchev–Trinajstić information content (AvgIpc) is 2.94. The summed E-state index contributed by atoms with van der Waals surface area (Å²) in [4.78, 5) is 29.3. The van der Waals surface area contributed by atoms with Crippen LogP contribution in [0.5, 0.6) is 0 Å². The summed E-state index contributed by atoms with van der Waals surface area (Å²) < 4.78 is 26.6. The second-order valence-electron chi connectivity index (χ2n) is 10.7. The fourth-order valence-electron chi connectivity index (χ4n) is 4.68. The molecule has 3 rings (SSSR count). The van der Waals surface area contributed by atoms with Gasteiger partial charge in [0.05, 0.1) is 11.9 Å². The third-order valence-corrected chi connectivity index (χ3v) is 8.54. The standard InChI is InChI=1S/C33H43N3O4S/c1-6-27(4)34-33(38)31(23-28-14-8-7-9-15-28)35(24-29-16-11-10-13-26(29)3)32(37)17-12-22-36(41(5,39)40)30-20-18-25(2)19-21-30/h7-11,13-16,18-21,27,31H,6,12,17,22-24H2,1-5H3,(H,34,38)/t27-,31+/m1/s1. The molecule has 0 fully saturated rings. The third kappa shape index (κ3) is 9.46. The molecular weight excluding hydrogens is 534 g/mol. The summed E-state index contributed by atoms with van der Waals surface area (Å²) in [5.41, 5.74) is 4.56. The van der Waals surface area contributed by atoms with Crippen LogP contribution in [0.25, 0.3) is 0 Å². The van der Waals surface area contributed by atoms with E-state index in [1.807, 2.05) is 94.4 Å². The number of hydrogen-bond donors (Lipinski definition) is 1. The Balaban J connectivity index is 1.89. The van der Waals surface area contributed by atoms with E-state index in [9.17, 15) is 18.0 Å². The smallest absolute Gasteiger partial charge is 0.243 e. The molecule has 220 valence electrons. The van der Waals surface area contributed by atoms with Crippen molar-refractivity contribution in [1.82, 2.24) is 10.2 Å². The highest BCUT2D eigenvalue weighted by molar-refractivity contribution is 7.92. The minimum atomic E-state index is -3.55. The number of rotatable bonds is 14. The number of sulfonamides is 1. The minimum Gasteiger partial charge on any atom is -0.352 e. The molecule has 7 nitrogen and oxygen atoms in total. The Bertz CT molecular complexity index is 1390. The van der Waals surface area contributed by atoms with E-state index in [4.69, 9.17) is 0 Å². The molecule has 0 saturated heterocycles. The van der Waals surface area contributed by atoms with Gasteiger partial charge in [-0.25, -0.2) is 8.42 Å². The van der Waals surface area contributed by atoms with Crippen LogP contribution in [-0.2, 0) is 32.6 Å². The molecule has 1 N–H and O–H groups in total. The van der Waals surface area contributed by atoms with Gasteiger partial charge in [-0.05, 0) is 62.4 Å². The molecule has 0 saturated carbocycles. The second-order valence-corrected chi connectivity index (χ2v) is 12.7. The van der Waals surface area contributed by atoms with Crippen molar-refractivity contribution in [1.29, 1.82) is 0 Å². The van der Waals surface area contributed by atoms with Crippen LogP contribution in [0.3, 0.4) is 0 Å². The van der Waals surface area contributed by atoms with Gasteiger partial charge in [0.15, 0.2) is 0 Å². The van der Waals surface area contributed by atoms with E-state index in [0.717, 1.165) is 28.7 Å². The van der Waals surface area contributed by atoms with Crippen LogP contribution in [0, 0.1) is 13.8 Å². The lowest BCUT2D eigenvalue weighted by Crippen LogP contribution is -2.52. The van der Waals surface area contributed by atoms with Crippen LogP contribution in [-0.4, -0.2) is 50.0 Å². The molecule has 0 aliphatic heterocycles. The summed E-state index contributed by atoms with van der Waals surface area (Å²) in [5.74, 6) is -0.381. The number of carbonyl (C=O) groups excluding carboxylic acids is 2. The first-order valence-corrected chi connectivity index (χ1v) is 16.1. The molecule has 0 bridgehead atoms. The number of anilines is 1. The minimum absolute atomic E-state index is 0.0333. The Kier molecular flexibility index (Phi) is 11.5. The van der Waals surface area contributed by atoms with Crippen molar-refractivity contribution in [2.75, 3.05) is 17.1 Å². The maximum atomic E-state index is 13.9. The van der Waals surface area contributed by atoms with Gasteiger partial charge in [-0.3, -0.25) is 13.9 Å². The number of nitrogens with one attached hydrogen (secondary N) is 1. The van der Waals surface area contributed by atoms with Crippen molar-refractivity contribution in [2.45, 2.75) is 72.0 Å². The van der Waals surface area contributed by atoms with Crippen molar-refractivity contribution in [3.8, 4) is 0 Å². The van der Waals surface area contributed by atoms with Gasteiger partial charge in [0.25, 0.3) is 0 Å². The van der Waals surface area contributed by atoms with E-state index < -0.39 is 16.1 Å². The zero-order valence-corrected chi connectivity index (χ0v) is 25.7. The van der Waals surface area contributed by atoms with Crippen LogP contribution in [0.15, 0.2) is 78.9 Å². The van der Waals surface area contributed by atoms with Crippen molar-refractivity contribution in [2.24, 2.45) is 0 Å². The topological polar surface area (TPSA) is 86.8 Å². The van der Waals surface area contributed by atoms with Crippen LogP contribution < -0.4 is 9.62 Å². The summed E-state index contributed by atoms with van der Waals surface area (Å²) in [7, 11) is -3.55. The first kappa shape index (κ1) is 31.9. The van der Waals surface area contributed by atoms with Crippen LogP contribution in [0.4, 0.5) is 5.69 Å². The Labute approximate surface area is 245 Å². The molecule has 0 aliphatic carbocycles. The van der Waals surface area contributed by atoms with Crippen molar-refractivity contribution >= 4 is 27.5 Å². The highest BCUT2D eigenvalue weighted by Gasteiger charge is 2.31. The lowest BCUT2D eigenvalue weighted by atomic mass is 10.0. The van der Waals surface area contributed by atoms with E-state index in [0.29, 0.717) is 18.5 Å². The van der Waals surface area contributed by atoms with Gasteiger partial charge in [-0.2, -0.15) is 0 Å². The average molecular weight is 578 g/mol. The molecule has 0 aliphatic rings. The molecule has 0 unspecified atom stereocenters. The van der Waals surface area contributed by atoms with E-state index in [-0.39, 0.29) is 37.4 Å². The number of amides is 2. The molecule has 0 radical (unpaired) electrons. The molecule has 3 aromatic carbocycles. The number of aryl methyl sites for hydroxylation is 2. The summed E-state index contributed by atoms with van der Waals surface area (Å²) in [6.07, 6.45) is 2.74. The van der Waals surface area contributed by atoms with Gasteiger partial charge in [-0.1, -0.05) is 79.2 Å². The first-order valence-electron chi connectivity index (χ1n) is 14.2. The van der Waals surface area contributed by atoms with Crippen LogP contribution >= 0.6 is 0 Å². The molecule has 0 heterocycles. The normalized spacial score (nSPS) is 12.8. The number of benzene rings is 3. The predicted molar refractivity (Wildman–Crippen MR) is 166 cm³/mol. The Morgan fingerprint density at radius 2 is 1.54 bits per heavy atom. The fraction of sp³-hybridized carbons (Fsp3) is 0.394. The van der Waals surface area contributed by atoms with Crippen molar-refractivity contribution in [3.63, 3.8) is 0 Å². The lowest BCUT2D eigenvalue weighted by Gasteiger charge is -2.33. The highest BCUT2D eigenvalue weighted by atomic mass is 32.2. The van der Waals surface area contributed by atoms with Gasteiger partial charge in [-0.15, -0.1) is 0 Å². The molecule has 3 aromatic rings. The van der Waals surface area contributed by atoms with E-state index in [1.165, 1.54) is 10.6 Å². The van der Waals surface area contributed by atoms with Gasteiger partial charge < -0.3 is 10.2 Å². The summed E-state index contributed by atoms with van der Waals surface area (Å²) in [6.45, 7) is 8.35. The molecule has 8 heteroatoms. The second kappa shape index (κ2) is 14.8. The van der Waals surface area contributed by atoms with Gasteiger partial charge >= 0.3 is 0 Å². The molecule has 0 spiro atoms. The van der Waals surface area contributed by atoms with Crippen LogP contribution in [0.2, 0.25) is 0 Å². The zero-order valence-electron chi connectivity index (χ0n) is 24.8. The highest BCUT2D eigenvalue weighted by Crippen LogP contribution is 2.21. The lowest BCUT2D eigenvalue weighted by molar-refractivity contribution is -0.141. The maximum Gasteiger partial charge on any atom is 0.243 e. The van der Waals surface area contributed by atoms with Gasteiger partial charge in [0.2, 0.25) is 21.8 Å². The number of hydrogen-bond acceptors (Lipinski definition) is 4. The molecule has 0 aromatic heterocycles. The Morgan fingerprint density at radius 3 is 2.15 bits per heavy atom. The number of carbonyl (C=O) groups is 2. The van der Waals surface area contributed by atoms with E-state index >= 15 is 0 Å². The van der Waals surface area contributed by atoms with Crippen molar-refractivity contribution in [3.05, 3.63) is 101 Å². The predicted octanol–water partition coefficient (Wildman–Crippen LogP) is 5.40. The monoisotopic (exact) mass is 577 g/mol. The number of nitrogens with zero attached hydrogens (tertiary/aromatic N) is 2. The molecule has 2 amide bonds. The molecule has 41 heavy (non-hydrogen) atoms. The summed E-state index contributed by atoms with van der Waals surface area (Å²) in [6, 6.07) is 24.1. The van der Waals surface area contributed by atoms with E-state index in [2.05, 4.69) is 5.32 Å². The first-order chi connectivity index (χ1) is 19.5. The van der Waals surface area contributed by atoms with Crippen molar-refractivity contribution < 1.29 is 18.0 Å². The quantitative estimate of drug-likeness (QED) is 0.278. The largest absolute Gasteiger partial charge is 0.352 e. The summed E-state index contributed by atoms with van der Waals surface area (Å²) >= 11 is 0. The summed E-state index contributed by atoms with van der Waals surface area (Å²) in [5, 5.41) is 3.09. The van der Waals surface area contributed by atoms with Crippen LogP contribution in [0.1, 0.15) is 55.4 Å². The maximum absolute atomic E-state index is 13.9. The van der Waals surface area contributed by atoms with E-state index in [1.54, 1.807) is 17.0 Å². The third-order valence-electron chi connectivity index (χ3n) is 7.35.